The van der Waals surface area contributed by atoms with Gasteiger partial charge in [-0.15, -0.1) is 0 Å². The smallest absolute Gasteiger partial charge is 0.0638 e. The molecule has 0 spiro atoms. The van der Waals surface area contributed by atoms with Crippen molar-refractivity contribution in [2.45, 2.75) is 58.5 Å². The van der Waals surface area contributed by atoms with Crippen LogP contribution in [0.2, 0.25) is 0 Å². The molecule has 0 bridgehead atoms. The van der Waals surface area contributed by atoms with E-state index in [2.05, 4.69) is 43.1 Å². The van der Waals surface area contributed by atoms with Crippen LogP contribution in [0.1, 0.15) is 46.5 Å². The van der Waals surface area contributed by atoms with Crippen LogP contribution in [0, 0.1) is 11.3 Å². The van der Waals surface area contributed by atoms with E-state index in [9.17, 15) is 0 Å². The second-order valence-corrected chi connectivity index (χ2v) is 5.49. The van der Waals surface area contributed by atoms with E-state index in [0.717, 1.165) is 13.0 Å². The highest BCUT2D eigenvalue weighted by Crippen LogP contribution is 2.12. The van der Waals surface area contributed by atoms with Crippen LogP contribution in [0.4, 0.5) is 0 Å². The maximum absolute atomic E-state index is 8.76. The van der Waals surface area contributed by atoms with Gasteiger partial charge in [0.2, 0.25) is 0 Å². The number of rotatable bonds is 6. The zero-order chi connectivity index (χ0) is 13.4. The molecule has 3 heteroatoms. The van der Waals surface area contributed by atoms with Crippen molar-refractivity contribution in [1.82, 2.24) is 10.2 Å². The number of nitrogens with zero attached hydrogens (tertiary/aromatic N) is 2. The Morgan fingerprint density at radius 1 is 1.44 bits per heavy atom. The minimum Gasteiger partial charge on any atom is -0.310 e. The first-order chi connectivity index (χ1) is 8.65. The fourth-order valence-electron chi connectivity index (χ4n) is 2.36. The number of allylic oxidation sites excluding steroid dienone is 1. The molecule has 1 N–H and O–H groups in total. The molecule has 1 aliphatic rings. The fourth-order valence-corrected chi connectivity index (χ4v) is 2.36. The monoisotopic (exact) mass is 249 g/mol. The standard InChI is InChI=1S/C15H27N3/c1-4-14(5-9-16)17-15-7-11-18(12-8-15)10-6-13(2)3/h6,14-15,17H,4-5,7-8,10-12H2,1-3H3. The van der Waals surface area contributed by atoms with Crippen molar-refractivity contribution in [3.63, 3.8) is 0 Å². The second-order valence-electron chi connectivity index (χ2n) is 5.49. The second kappa shape index (κ2) is 8.29. The number of nitriles is 1. The Bertz CT molecular complexity index is 291. The third kappa shape index (κ3) is 5.66. The lowest BCUT2D eigenvalue weighted by Crippen LogP contribution is -2.46. The summed E-state index contributed by atoms with van der Waals surface area (Å²) in [7, 11) is 0. The highest BCUT2D eigenvalue weighted by atomic mass is 15.1. The van der Waals surface area contributed by atoms with Gasteiger partial charge in [0, 0.05) is 18.6 Å². The van der Waals surface area contributed by atoms with Gasteiger partial charge in [0.25, 0.3) is 0 Å². The molecule has 1 unspecified atom stereocenters. The average molecular weight is 249 g/mol. The largest absolute Gasteiger partial charge is 0.310 e. The summed E-state index contributed by atoms with van der Waals surface area (Å²) in [6, 6.07) is 3.25. The van der Waals surface area contributed by atoms with Crippen LogP contribution in [0.15, 0.2) is 11.6 Å². The molecule has 0 aromatic rings. The van der Waals surface area contributed by atoms with Crippen molar-refractivity contribution < 1.29 is 0 Å². The van der Waals surface area contributed by atoms with E-state index in [4.69, 9.17) is 5.26 Å². The van der Waals surface area contributed by atoms with Crippen LogP contribution in [-0.4, -0.2) is 36.6 Å². The molecule has 1 atom stereocenters. The molecule has 1 rings (SSSR count). The number of piperidine rings is 1. The number of hydrogen-bond acceptors (Lipinski definition) is 3. The first-order valence-corrected chi connectivity index (χ1v) is 7.14. The van der Waals surface area contributed by atoms with Crippen LogP contribution in [-0.2, 0) is 0 Å². The van der Waals surface area contributed by atoms with Crippen molar-refractivity contribution >= 4 is 0 Å². The molecule has 102 valence electrons. The molecular weight excluding hydrogens is 222 g/mol. The van der Waals surface area contributed by atoms with E-state index in [1.165, 1.54) is 31.5 Å². The maximum Gasteiger partial charge on any atom is 0.0638 e. The summed E-state index contributed by atoms with van der Waals surface area (Å²) < 4.78 is 0. The quantitative estimate of drug-likeness (QED) is 0.736. The van der Waals surface area contributed by atoms with Crippen molar-refractivity contribution in [3.8, 4) is 6.07 Å². The molecule has 1 aliphatic heterocycles. The van der Waals surface area contributed by atoms with Crippen molar-refractivity contribution in [2.24, 2.45) is 0 Å². The van der Waals surface area contributed by atoms with Gasteiger partial charge in [-0.25, -0.2) is 0 Å². The van der Waals surface area contributed by atoms with Gasteiger partial charge in [-0.05, 0) is 46.2 Å². The summed E-state index contributed by atoms with van der Waals surface area (Å²) in [6.07, 6.45) is 6.40. The first-order valence-electron chi connectivity index (χ1n) is 7.14. The van der Waals surface area contributed by atoms with Crippen LogP contribution in [0.25, 0.3) is 0 Å². The zero-order valence-electron chi connectivity index (χ0n) is 12.1. The topological polar surface area (TPSA) is 39.1 Å². The third-order valence-corrected chi connectivity index (χ3v) is 3.65. The number of nitrogens with one attached hydrogen (secondary N) is 1. The van der Waals surface area contributed by atoms with E-state index in [1.54, 1.807) is 0 Å². The summed E-state index contributed by atoms with van der Waals surface area (Å²) in [5, 5.41) is 12.4. The summed E-state index contributed by atoms with van der Waals surface area (Å²) in [5.41, 5.74) is 1.40. The number of likely N-dealkylation sites (tertiary alicyclic amines) is 1. The third-order valence-electron chi connectivity index (χ3n) is 3.65. The van der Waals surface area contributed by atoms with Gasteiger partial charge in [0.1, 0.15) is 0 Å². The summed E-state index contributed by atoms with van der Waals surface area (Å²) in [6.45, 7) is 9.89. The minimum atomic E-state index is 0.379. The van der Waals surface area contributed by atoms with Crippen LogP contribution in [0.3, 0.4) is 0 Å². The van der Waals surface area contributed by atoms with E-state index in [1.807, 2.05) is 0 Å². The Morgan fingerprint density at radius 3 is 2.61 bits per heavy atom. The molecule has 0 aromatic carbocycles. The Balaban J connectivity index is 2.26. The number of hydrogen-bond donors (Lipinski definition) is 1. The van der Waals surface area contributed by atoms with Gasteiger partial charge in [0.15, 0.2) is 0 Å². The Hall–Kier alpha value is -0.850. The average Bonchev–Trinajstić information content (AvgIpc) is 2.37. The van der Waals surface area contributed by atoms with Gasteiger partial charge in [-0.2, -0.15) is 5.26 Å². The molecule has 1 fully saturated rings. The molecule has 1 saturated heterocycles. The predicted molar refractivity (Wildman–Crippen MR) is 76.3 cm³/mol. The highest BCUT2D eigenvalue weighted by molar-refractivity contribution is 4.96. The summed E-state index contributed by atoms with van der Waals surface area (Å²) >= 11 is 0. The maximum atomic E-state index is 8.76. The molecule has 3 nitrogen and oxygen atoms in total. The van der Waals surface area contributed by atoms with Gasteiger partial charge in [-0.1, -0.05) is 18.6 Å². The van der Waals surface area contributed by atoms with E-state index in [-0.39, 0.29) is 0 Å². The Morgan fingerprint density at radius 2 is 2.11 bits per heavy atom. The van der Waals surface area contributed by atoms with Crippen LogP contribution < -0.4 is 5.32 Å². The van der Waals surface area contributed by atoms with Gasteiger partial charge >= 0.3 is 0 Å². The van der Waals surface area contributed by atoms with Crippen molar-refractivity contribution in [3.05, 3.63) is 11.6 Å². The van der Waals surface area contributed by atoms with Crippen LogP contribution >= 0.6 is 0 Å². The van der Waals surface area contributed by atoms with E-state index < -0.39 is 0 Å². The lowest BCUT2D eigenvalue weighted by atomic mass is 10.0. The highest BCUT2D eigenvalue weighted by Gasteiger charge is 2.20. The zero-order valence-corrected chi connectivity index (χ0v) is 12.1. The molecule has 0 amide bonds. The minimum absolute atomic E-state index is 0.379. The van der Waals surface area contributed by atoms with E-state index in [0.29, 0.717) is 18.5 Å². The predicted octanol–water partition coefficient (Wildman–Crippen LogP) is 2.70. The molecule has 18 heavy (non-hydrogen) atoms. The molecular formula is C15H27N3. The van der Waals surface area contributed by atoms with Gasteiger partial charge in [0.05, 0.1) is 12.5 Å². The summed E-state index contributed by atoms with van der Waals surface area (Å²) in [4.78, 5) is 2.51. The van der Waals surface area contributed by atoms with Crippen molar-refractivity contribution in [1.29, 1.82) is 5.26 Å². The Labute approximate surface area is 112 Å². The first kappa shape index (κ1) is 15.2. The molecule has 0 aliphatic carbocycles. The molecule has 1 heterocycles. The normalized spacial score (nSPS) is 19.2. The molecule has 0 saturated carbocycles. The van der Waals surface area contributed by atoms with E-state index >= 15 is 0 Å². The van der Waals surface area contributed by atoms with Crippen molar-refractivity contribution in [2.75, 3.05) is 19.6 Å². The fraction of sp³-hybridized carbons (Fsp3) is 0.800. The SMILES string of the molecule is CCC(CC#N)NC1CCN(CC=C(C)C)CC1. The van der Waals surface area contributed by atoms with Gasteiger partial charge in [-0.3, -0.25) is 4.90 Å². The van der Waals surface area contributed by atoms with Gasteiger partial charge < -0.3 is 5.32 Å². The lowest BCUT2D eigenvalue weighted by Gasteiger charge is -2.33. The lowest BCUT2D eigenvalue weighted by molar-refractivity contribution is 0.205. The molecule has 0 aromatic heterocycles. The Kier molecular flexibility index (Phi) is 7.00. The van der Waals surface area contributed by atoms with Crippen LogP contribution in [0.5, 0.6) is 0 Å². The summed E-state index contributed by atoms with van der Waals surface area (Å²) in [5.74, 6) is 0. The molecule has 0 radical (unpaired) electrons.